The Morgan fingerprint density at radius 3 is 2.31 bits per heavy atom. The number of likely N-dealkylation sites (tertiary alicyclic amines) is 3. The Balaban J connectivity index is 1.63. The zero-order valence-electron chi connectivity index (χ0n) is 16.3. The second-order valence-corrected chi connectivity index (χ2v) is 8.83. The Bertz CT molecular complexity index is 557. The van der Waals surface area contributed by atoms with Gasteiger partial charge in [0.2, 0.25) is 5.91 Å². The summed E-state index contributed by atoms with van der Waals surface area (Å²) in [6, 6.07) is 0. The quantitative estimate of drug-likeness (QED) is 0.720. The average molecular weight is 364 g/mol. The third kappa shape index (κ3) is 4.21. The van der Waals surface area contributed by atoms with Gasteiger partial charge in [0.05, 0.1) is 0 Å². The van der Waals surface area contributed by atoms with E-state index in [1.807, 2.05) is 4.90 Å². The van der Waals surface area contributed by atoms with Gasteiger partial charge in [-0.15, -0.1) is 0 Å². The zero-order valence-corrected chi connectivity index (χ0v) is 16.3. The Labute approximate surface area is 156 Å². The predicted octanol–water partition coefficient (Wildman–Crippen LogP) is 1.89. The summed E-state index contributed by atoms with van der Waals surface area (Å²) in [6.45, 7) is 8.60. The average Bonchev–Trinajstić information content (AvgIpc) is 3.16. The lowest BCUT2D eigenvalue weighted by Crippen LogP contribution is -2.57. The second kappa shape index (κ2) is 7.97. The van der Waals surface area contributed by atoms with Crippen molar-refractivity contribution in [3.05, 3.63) is 0 Å². The van der Waals surface area contributed by atoms with Crippen LogP contribution in [0.1, 0.15) is 58.8 Å². The van der Waals surface area contributed by atoms with Gasteiger partial charge in [-0.3, -0.25) is 14.4 Å². The van der Waals surface area contributed by atoms with E-state index in [0.717, 1.165) is 51.6 Å². The molecule has 0 bridgehead atoms. The van der Waals surface area contributed by atoms with Crippen LogP contribution in [0, 0.1) is 11.3 Å². The largest absolute Gasteiger partial charge is 0.342 e. The van der Waals surface area contributed by atoms with E-state index in [4.69, 9.17) is 0 Å². The number of carbonyl (C=O) groups is 3. The van der Waals surface area contributed by atoms with E-state index in [0.29, 0.717) is 38.5 Å². The molecule has 6 nitrogen and oxygen atoms in total. The van der Waals surface area contributed by atoms with E-state index in [2.05, 4.69) is 13.8 Å². The summed E-state index contributed by atoms with van der Waals surface area (Å²) in [5, 5.41) is 0. The molecular weight excluding hydrogens is 330 g/mol. The molecule has 146 valence electrons. The molecule has 3 saturated heterocycles. The third-order valence-electron chi connectivity index (χ3n) is 6.25. The van der Waals surface area contributed by atoms with Crippen molar-refractivity contribution in [3.8, 4) is 0 Å². The van der Waals surface area contributed by atoms with E-state index in [-0.39, 0.29) is 23.1 Å². The molecule has 6 heteroatoms. The molecule has 26 heavy (non-hydrogen) atoms. The van der Waals surface area contributed by atoms with Crippen LogP contribution in [0.3, 0.4) is 0 Å². The summed E-state index contributed by atoms with van der Waals surface area (Å²) in [6.07, 6.45) is 6.38. The molecule has 3 rings (SSSR count). The molecule has 0 unspecified atom stereocenters. The molecule has 3 aliphatic heterocycles. The van der Waals surface area contributed by atoms with Crippen LogP contribution < -0.4 is 0 Å². The number of hydrogen-bond donors (Lipinski definition) is 0. The van der Waals surface area contributed by atoms with Crippen LogP contribution in [0.15, 0.2) is 0 Å². The highest BCUT2D eigenvalue weighted by molar-refractivity contribution is 6.35. The molecular formula is C20H33N3O3. The lowest BCUT2D eigenvalue weighted by Gasteiger charge is -2.48. The lowest BCUT2D eigenvalue weighted by atomic mass is 9.73. The van der Waals surface area contributed by atoms with E-state index in [1.54, 1.807) is 9.80 Å². The molecule has 0 aromatic heterocycles. The first kappa shape index (κ1) is 19.2. The van der Waals surface area contributed by atoms with Crippen molar-refractivity contribution >= 4 is 17.7 Å². The lowest BCUT2D eigenvalue weighted by molar-refractivity contribution is -0.155. The minimum atomic E-state index is -0.336. The van der Waals surface area contributed by atoms with Crippen molar-refractivity contribution < 1.29 is 14.4 Å². The molecule has 1 spiro atoms. The third-order valence-corrected chi connectivity index (χ3v) is 6.25. The molecule has 3 aliphatic rings. The SMILES string of the molecule is CC(C)CCN1C[C@@]2(CCCN(C(=O)C(=O)N3CCCC3)C2)CCC1=O. The Hall–Kier alpha value is -1.59. The normalized spacial score (nSPS) is 26.9. The molecule has 3 amide bonds. The molecule has 0 N–H and O–H groups in total. The molecule has 3 fully saturated rings. The monoisotopic (exact) mass is 363 g/mol. The maximum Gasteiger partial charge on any atom is 0.312 e. The summed E-state index contributed by atoms with van der Waals surface area (Å²) < 4.78 is 0. The van der Waals surface area contributed by atoms with E-state index in [9.17, 15) is 14.4 Å². The Kier molecular flexibility index (Phi) is 5.88. The summed E-state index contributed by atoms with van der Waals surface area (Å²) in [5.74, 6) is 0.149. The Morgan fingerprint density at radius 2 is 1.62 bits per heavy atom. The topological polar surface area (TPSA) is 60.9 Å². The highest BCUT2D eigenvalue weighted by atomic mass is 16.2. The highest BCUT2D eigenvalue weighted by Crippen LogP contribution is 2.39. The first-order chi connectivity index (χ1) is 12.4. The van der Waals surface area contributed by atoms with Gasteiger partial charge in [-0.2, -0.15) is 0 Å². The van der Waals surface area contributed by atoms with Crippen molar-refractivity contribution in [2.75, 3.05) is 39.3 Å². The first-order valence-corrected chi connectivity index (χ1v) is 10.3. The molecule has 0 radical (unpaired) electrons. The van der Waals surface area contributed by atoms with Crippen LogP contribution in [0.4, 0.5) is 0 Å². The van der Waals surface area contributed by atoms with Gasteiger partial charge in [0.1, 0.15) is 0 Å². The summed E-state index contributed by atoms with van der Waals surface area (Å²) in [5.41, 5.74) is -0.0237. The van der Waals surface area contributed by atoms with Gasteiger partial charge in [0.25, 0.3) is 0 Å². The predicted molar refractivity (Wildman–Crippen MR) is 99.3 cm³/mol. The van der Waals surface area contributed by atoms with Gasteiger partial charge in [0.15, 0.2) is 0 Å². The van der Waals surface area contributed by atoms with E-state index >= 15 is 0 Å². The second-order valence-electron chi connectivity index (χ2n) is 8.83. The molecule has 3 heterocycles. The number of hydrogen-bond acceptors (Lipinski definition) is 3. The van der Waals surface area contributed by atoms with E-state index < -0.39 is 0 Å². The van der Waals surface area contributed by atoms with Gasteiger partial charge in [-0.1, -0.05) is 13.8 Å². The zero-order chi connectivity index (χ0) is 18.7. The minimum absolute atomic E-state index is 0.0237. The number of rotatable bonds is 3. The van der Waals surface area contributed by atoms with Crippen LogP contribution in [0.2, 0.25) is 0 Å². The summed E-state index contributed by atoms with van der Waals surface area (Å²) in [4.78, 5) is 43.0. The maximum absolute atomic E-state index is 12.7. The first-order valence-electron chi connectivity index (χ1n) is 10.3. The smallest absolute Gasteiger partial charge is 0.312 e. The van der Waals surface area contributed by atoms with Gasteiger partial charge >= 0.3 is 11.8 Å². The number of piperidine rings is 2. The maximum atomic E-state index is 12.7. The fraction of sp³-hybridized carbons (Fsp3) is 0.850. The molecule has 1 atom stereocenters. The van der Waals surface area contributed by atoms with Crippen LogP contribution in [0.5, 0.6) is 0 Å². The number of nitrogens with zero attached hydrogens (tertiary/aromatic N) is 3. The van der Waals surface area contributed by atoms with Crippen LogP contribution in [-0.2, 0) is 14.4 Å². The Morgan fingerprint density at radius 1 is 0.962 bits per heavy atom. The number of amides is 3. The van der Waals surface area contributed by atoms with Crippen molar-refractivity contribution in [2.45, 2.75) is 58.8 Å². The van der Waals surface area contributed by atoms with Crippen molar-refractivity contribution in [1.29, 1.82) is 0 Å². The minimum Gasteiger partial charge on any atom is -0.342 e. The van der Waals surface area contributed by atoms with Crippen LogP contribution >= 0.6 is 0 Å². The summed E-state index contributed by atoms with van der Waals surface area (Å²) >= 11 is 0. The van der Waals surface area contributed by atoms with Gasteiger partial charge in [-0.05, 0) is 44.4 Å². The van der Waals surface area contributed by atoms with Crippen molar-refractivity contribution in [3.63, 3.8) is 0 Å². The van der Waals surface area contributed by atoms with Gasteiger partial charge in [-0.25, -0.2) is 0 Å². The fourth-order valence-corrected chi connectivity index (χ4v) is 4.63. The van der Waals surface area contributed by atoms with Crippen molar-refractivity contribution in [1.82, 2.24) is 14.7 Å². The van der Waals surface area contributed by atoms with Crippen LogP contribution in [-0.4, -0.2) is 71.7 Å². The van der Waals surface area contributed by atoms with Gasteiger partial charge in [0, 0.05) is 51.1 Å². The highest BCUT2D eigenvalue weighted by Gasteiger charge is 2.44. The molecule has 0 aromatic rings. The van der Waals surface area contributed by atoms with Gasteiger partial charge < -0.3 is 14.7 Å². The number of carbonyl (C=O) groups excluding carboxylic acids is 3. The van der Waals surface area contributed by atoms with Crippen LogP contribution in [0.25, 0.3) is 0 Å². The van der Waals surface area contributed by atoms with E-state index in [1.165, 1.54) is 0 Å². The standard InChI is InChI=1S/C20H33N3O3/c1-16(2)7-13-22-14-20(9-6-17(22)24)8-5-12-23(15-20)19(26)18(25)21-10-3-4-11-21/h16H,3-15H2,1-2H3/t20-/m1/s1. The molecule has 0 aliphatic carbocycles. The fourth-order valence-electron chi connectivity index (χ4n) is 4.63. The van der Waals surface area contributed by atoms with Crippen molar-refractivity contribution in [2.24, 2.45) is 11.3 Å². The molecule has 0 saturated carbocycles. The molecule has 0 aromatic carbocycles. The summed E-state index contributed by atoms with van der Waals surface area (Å²) in [7, 11) is 0.